The van der Waals surface area contributed by atoms with Crippen molar-refractivity contribution in [2.24, 2.45) is 0 Å². The highest BCUT2D eigenvalue weighted by Crippen LogP contribution is 1.95. The van der Waals surface area contributed by atoms with Crippen LogP contribution in [-0.4, -0.2) is 32.0 Å². The summed E-state index contributed by atoms with van der Waals surface area (Å²) in [7, 11) is 0. The first-order chi connectivity index (χ1) is 9.65. The Bertz CT molecular complexity index is 619. The molecule has 0 unspecified atom stereocenters. The molecule has 8 nitrogen and oxygen atoms in total. The average molecular weight is 276 g/mol. The summed E-state index contributed by atoms with van der Waals surface area (Å²) >= 11 is 0. The largest absolute Gasteiger partial charge is 0.398 e. The molecular weight excluding hydrogens is 260 g/mol. The fourth-order valence-electron chi connectivity index (χ4n) is 1.70. The second-order valence-electron chi connectivity index (χ2n) is 4.30. The van der Waals surface area contributed by atoms with Crippen LogP contribution in [0.3, 0.4) is 0 Å². The summed E-state index contributed by atoms with van der Waals surface area (Å²) in [6, 6.07) is 2.85. The molecule has 0 bridgehead atoms. The molecule has 1 amide bonds. The van der Waals surface area contributed by atoms with Gasteiger partial charge in [0.25, 0.3) is 5.56 Å². The van der Waals surface area contributed by atoms with Gasteiger partial charge < -0.3 is 15.6 Å². The zero-order valence-electron chi connectivity index (χ0n) is 10.9. The van der Waals surface area contributed by atoms with E-state index in [0.717, 1.165) is 6.42 Å². The molecular formula is C12H16N6O2. The maximum atomic E-state index is 11.7. The van der Waals surface area contributed by atoms with Crippen LogP contribution in [0.15, 0.2) is 35.5 Å². The van der Waals surface area contributed by atoms with Crippen LogP contribution < -0.4 is 16.6 Å². The molecule has 8 heteroatoms. The van der Waals surface area contributed by atoms with Crippen LogP contribution in [0.2, 0.25) is 0 Å². The molecule has 0 radical (unpaired) electrons. The number of amides is 1. The summed E-state index contributed by atoms with van der Waals surface area (Å²) in [6.45, 7) is 1.15. The molecule has 3 N–H and O–H groups in total. The minimum Gasteiger partial charge on any atom is -0.398 e. The number of aromatic nitrogens is 4. The Morgan fingerprint density at radius 1 is 1.40 bits per heavy atom. The van der Waals surface area contributed by atoms with Crippen molar-refractivity contribution >= 4 is 11.6 Å². The fraction of sp³-hybridized carbons (Fsp3) is 0.333. The molecule has 0 saturated carbocycles. The first-order valence-electron chi connectivity index (χ1n) is 6.22. The highest BCUT2D eigenvalue weighted by Gasteiger charge is 2.04. The molecule has 0 aliphatic heterocycles. The molecule has 0 saturated heterocycles. The molecule has 0 fully saturated rings. The second kappa shape index (κ2) is 6.50. The van der Waals surface area contributed by atoms with E-state index in [9.17, 15) is 9.59 Å². The molecule has 2 aromatic rings. The molecule has 0 aliphatic carbocycles. The van der Waals surface area contributed by atoms with Crippen LogP contribution in [0.4, 0.5) is 5.69 Å². The van der Waals surface area contributed by atoms with E-state index >= 15 is 0 Å². The zero-order chi connectivity index (χ0) is 14.4. The predicted molar refractivity (Wildman–Crippen MR) is 72.8 cm³/mol. The minimum absolute atomic E-state index is 0.0345. The maximum Gasteiger partial charge on any atom is 0.251 e. The monoisotopic (exact) mass is 276 g/mol. The lowest BCUT2D eigenvalue weighted by Crippen LogP contribution is -2.32. The number of carbonyl (C=O) groups excluding carboxylic acids is 1. The van der Waals surface area contributed by atoms with E-state index in [1.165, 1.54) is 22.9 Å². The smallest absolute Gasteiger partial charge is 0.251 e. The first kappa shape index (κ1) is 13.8. The zero-order valence-corrected chi connectivity index (χ0v) is 10.9. The van der Waals surface area contributed by atoms with E-state index in [1.54, 1.807) is 17.1 Å². The van der Waals surface area contributed by atoms with Gasteiger partial charge in [-0.15, -0.1) is 5.10 Å². The quantitative estimate of drug-likeness (QED) is 0.673. The van der Waals surface area contributed by atoms with Gasteiger partial charge in [-0.3, -0.25) is 14.3 Å². The average Bonchev–Trinajstić information content (AvgIpc) is 2.92. The number of hydrogen-bond donors (Lipinski definition) is 2. The van der Waals surface area contributed by atoms with Gasteiger partial charge in [0.15, 0.2) is 0 Å². The summed E-state index contributed by atoms with van der Waals surface area (Å²) in [5.74, 6) is -0.226. The third-order valence-electron chi connectivity index (χ3n) is 2.68. The number of nitrogens with one attached hydrogen (secondary N) is 1. The van der Waals surface area contributed by atoms with Gasteiger partial charge in [-0.25, -0.2) is 0 Å². The van der Waals surface area contributed by atoms with Crippen LogP contribution in [0.1, 0.15) is 6.42 Å². The van der Waals surface area contributed by atoms with Gasteiger partial charge >= 0.3 is 0 Å². The lowest BCUT2D eigenvalue weighted by Gasteiger charge is -2.07. The number of pyridine rings is 1. The van der Waals surface area contributed by atoms with Crippen molar-refractivity contribution in [2.45, 2.75) is 19.5 Å². The van der Waals surface area contributed by atoms with Crippen molar-refractivity contribution in [3.63, 3.8) is 0 Å². The summed E-state index contributed by atoms with van der Waals surface area (Å²) in [5, 5.41) is 10.2. The van der Waals surface area contributed by atoms with Crippen LogP contribution >= 0.6 is 0 Å². The predicted octanol–water partition coefficient (Wildman–Crippen LogP) is -0.771. The maximum absolute atomic E-state index is 11.7. The molecule has 2 rings (SSSR count). The van der Waals surface area contributed by atoms with Crippen LogP contribution in [0.25, 0.3) is 0 Å². The summed E-state index contributed by atoms with van der Waals surface area (Å²) in [5.41, 5.74) is 5.77. The van der Waals surface area contributed by atoms with E-state index in [1.807, 2.05) is 0 Å². The van der Waals surface area contributed by atoms with Crippen molar-refractivity contribution < 1.29 is 4.79 Å². The summed E-state index contributed by atoms with van der Waals surface area (Å²) in [4.78, 5) is 23.2. The Labute approximate surface area is 115 Å². The van der Waals surface area contributed by atoms with Crippen LogP contribution in [0, 0.1) is 0 Å². The van der Waals surface area contributed by atoms with E-state index in [0.29, 0.717) is 18.8 Å². The summed E-state index contributed by atoms with van der Waals surface area (Å²) in [6.07, 6.45) is 5.55. The van der Waals surface area contributed by atoms with Gasteiger partial charge in [0.05, 0.1) is 6.20 Å². The molecule has 0 aromatic carbocycles. The first-order valence-corrected chi connectivity index (χ1v) is 6.22. The van der Waals surface area contributed by atoms with Gasteiger partial charge in [0.2, 0.25) is 5.91 Å². The molecule has 0 spiro atoms. The SMILES string of the molecule is Nc1ccc(=O)n(CC(=O)NCCCn2ccnn2)c1. The third-order valence-corrected chi connectivity index (χ3v) is 2.68. The van der Waals surface area contributed by atoms with E-state index in [4.69, 9.17) is 5.73 Å². The number of hydrogen-bond acceptors (Lipinski definition) is 5. The molecule has 106 valence electrons. The number of nitrogens with two attached hydrogens (primary N) is 1. The molecule has 0 atom stereocenters. The number of anilines is 1. The van der Waals surface area contributed by atoms with Crippen molar-refractivity contribution in [3.05, 3.63) is 41.1 Å². The number of rotatable bonds is 6. The lowest BCUT2D eigenvalue weighted by molar-refractivity contribution is -0.121. The number of nitrogen functional groups attached to an aromatic ring is 1. The number of carbonyl (C=O) groups is 1. The Balaban J connectivity index is 1.75. The standard InChI is InChI=1S/C12H16N6O2/c13-10-2-3-12(20)17(8-10)9-11(19)14-4-1-6-18-7-5-15-16-18/h2-3,5,7-8H,1,4,6,9,13H2,(H,14,19). The topological polar surface area (TPSA) is 108 Å². The van der Waals surface area contributed by atoms with Crippen LogP contribution in [-0.2, 0) is 17.9 Å². The Kier molecular flexibility index (Phi) is 4.48. The van der Waals surface area contributed by atoms with Crippen molar-refractivity contribution in [3.8, 4) is 0 Å². The van der Waals surface area contributed by atoms with E-state index in [2.05, 4.69) is 15.6 Å². The van der Waals surface area contributed by atoms with Gasteiger partial charge in [-0.1, -0.05) is 5.21 Å². The van der Waals surface area contributed by atoms with Crippen LogP contribution in [0.5, 0.6) is 0 Å². The molecule has 2 aromatic heterocycles. The van der Waals surface area contributed by atoms with Crippen molar-refractivity contribution in [1.29, 1.82) is 0 Å². The third kappa shape index (κ3) is 3.94. The highest BCUT2D eigenvalue weighted by atomic mass is 16.2. The normalized spacial score (nSPS) is 10.4. The Morgan fingerprint density at radius 3 is 3.00 bits per heavy atom. The van der Waals surface area contributed by atoms with E-state index < -0.39 is 0 Å². The highest BCUT2D eigenvalue weighted by molar-refractivity contribution is 5.75. The lowest BCUT2D eigenvalue weighted by atomic mass is 10.4. The Morgan fingerprint density at radius 2 is 2.25 bits per heavy atom. The summed E-state index contributed by atoms with van der Waals surface area (Å²) < 4.78 is 2.97. The molecule has 20 heavy (non-hydrogen) atoms. The minimum atomic E-state index is -0.253. The van der Waals surface area contributed by atoms with Crippen molar-refractivity contribution in [2.75, 3.05) is 12.3 Å². The second-order valence-corrected chi connectivity index (χ2v) is 4.30. The Hall–Kier alpha value is -2.64. The van der Waals surface area contributed by atoms with Gasteiger partial charge in [-0.05, 0) is 12.5 Å². The van der Waals surface area contributed by atoms with Gasteiger partial charge in [0.1, 0.15) is 6.54 Å². The number of nitrogens with zero attached hydrogens (tertiary/aromatic N) is 4. The fourth-order valence-corrected chi connectivity index (χ4v) is 1.70. The number of aryl methyl sites for hydroxylation is 1. The molecule has 2 heterocycles. The van der Waals surface area contributed by atoms with Gasteiger partial charge in [0, 0.05) is 37.2 Å². The molecule has 0 aliphatic rings. The van der Waals surface area contributed by atoms with Crippen molar-refractivity contribution in [1.82, 2.24) is 24.9 Å². The van der Waals surface area contributed by atoms with E-state index in [-0.39, 0.29) is 18.0 Å². The van der Waals surface area contributed by atoms with Gasteiger partial charge in [-0.2, -0.15) is 0 Å².